The van der Waals surface area contributed by atoms with Gasteiger partial charge in [0.05, 0.1) is 26.4 Å². The lowest BCUT2D eigenvalue weighted by atomic mass is 10.1. The van der Waals surface area contributed by atoms with Crippen molar-refractivity contribution >= 4 is 5.96 Å². The standard InChI is InChI=1S/C24H33N3O3/c1-3-25-24(26-16-19-7-9-22(28-2)10-8-19)27-17-20-5-4-6-21(15-20)18-30-23-11-13-29-14-12-23/h4-10,15,23H,3,11-14,16-18H2,1-2H3,(H2,25,26,27). The summed E-state index contributed by atoms with van der Waals surface area (Å²) in [5.74, 6) is 1.66. The molecule has 2 N–H and O–H groups in total. The van der Waals surface area contributed by atoms with Gasteiger partial charge in [-0.2, -0.15) is 0 Å². The van der Waals surface area contributed by atoms with E-state index in [2.05, 4.69) is 54.0 Å². The van der Waals surface area contributed by atoms with Crippen LogP contribution in [0.3, 0.4) is 0 Å². The van der Waals surface area contributed by atoms with E-state index in [-0.39, 0.29) is 0 Å². The molecule has 6 heteroatoms. The summed E-state index contributed by atoms with van der Waals surface area (Å²) in [6.45, 7) is 6.44. The van der Waals surface area contributed by atoms with E-state index < -0.39 is 0 Å². The van der Waals surface area contributed by atoms with Crippen LogP contribution in [0, 0.1) is 0 Å². The zero-order valence-corrected chi connectivity index (χ0v) is 18.0. The van der Waals surface area contributed by atoms with Crippen molar-refractivity contribution in [2.45, 2.75) is 45.6 Å². The fraction of sp³-hybridized carbons (Fsp3) is 0.458. The predicted octanol–water partition coefficient (Wildman–Crippen LogP) is 3.65. The highest BCUT2D eigenvalue weighted by Gasteiger charge is 2.14. The van der Waals surface area contributed by atoms with Gasteiger partial charge in [-0.25, -0.2) is 4.99 Å². The molecule has 2 aromatic carbocycles. The summed E-state index contributed by atoms with van der Waals surface area (Å²) >= 11 is 0. The summed E-state index contributed by atoms with van der Waals surface area (Å²) in [4.78, 5) is 4.74. The highest BCUT2D eigenvalue weighted by molar-refractivity contribution is 5.79. The highest BCUT2D eigenvalue weighted by Crippen LogP contribution is 2.15. The van der Waals surface area contributed by atoms with Crippen LogP contribution in [0.1, 0.15) is 36.5 Å². The number of rotatable bonds is 9. The van der Waals surface area contributed by atoms with Crippen molar-refractivity contribution in [2.75, 3.05) is 26.9 Å². The van der Waals surface area contributed by atoms with E-state index in [0.29, 0.717) is 25.8 Å². The smallest absolute Gasteiger partial charge is 0.191 e. The molecular formula is C24H33N3O3. The Bertz CT molecular complexity index is 787. The molecule has 0 saturated carbocycles. The Morgan fingerprint density at radius 2 is 1.80 bits per heavy atom. The predicted molar refractivity (Wildman–Crippen MR) is 120 cm³/mol. The number of hydrogen-bond acceptors (Lipinski definition) is 4. The minimum Gasteiger partial charge on any atom is -0.497 e. The fourth-order valence-corrected chi connectivity index (χ4v) is 3.32. The molecule has 0 aliphatic carbocycles. The molecule has 1 heterocycles. The van der Waals surface area contributed by atoms with Gasteiger partial charge < -0.3 is 24.8 Å². The Labute approximate surface area is 179 Å². The van der Waals surface area contributed by atoms with Gasteiger partial charge in [-0.05, 0) is 48.6 Å². The number of benzene rings is 2. The average Bonchev–Trinajstić information content (AvgIpc) is 2.81. The fourth-order valence-electron chi connectivity index (χ4n) is 3.32. The van der Waals surface area contributed by atoms with Crippen LogP contribution in [0.15, 0.2) is 53.5 Å². The Morgan fingerprint density at radius 1 is 1.03 bits per heavy atom. The van der Waals surface area contributed by atoms with Gasteiger partial charge in [-0.1, -0.05) is 36.4 Å². The number of nitrogens with zero attached hydrogens (tertiary/aromatic N) is 1. The largest absolute Gasteiger partial charge is 0.497 e. The molecule has 3 rings (SSSR count). The van der Waals surface area contributed by atoms with E-state index in [0.717, 1.165) is 44.3 Å². The molecule has 1 aliphatic rings. The molecular weight excluding hydrogens is 378 g/mol. The average molecular weight is 412 g/mol. The van der Waals surface area contributed by atoms with Crippen LogP contribution in [-0.4, -0.2) is 38.9 Å². The Balaban J connectivity index is 1.52. The molecule has 0 unspecified atom stereocenters. The van der Waals surface area contributed by atoms with E-state index in [4.69, 9.17) is 19.2 Å². The van der Waals surface area contributed by atoms with Crippen molar-refractivity contribution in [3.05, 3.63) is 65.2 Å². The van der Waals surface area contributed by atoms with Gasteiger partial charge in [0, 0.05) is 26.3 Å². The quantitative estimate of drug-likeness (QED) is 0.487. The van der Waals surface area contributed by atoms with Gasteiger partial charge in [0.15, 0.2) is 5.96 Å². The third kappa shape index (κ3) is 7.35. The van der Waals surface area contributed by atoms with Crippen LogP contribution in [0.25, 0.3) is 0 Å². The molecule has 1 aliphatic heterocycles. The third-order valence-corrected chi connectivity index (χ3v) is 5.03. The molecule has 6 nitrogen and oxygen atoms in total. The second-order valence-electron chi connectivity index (χ2n) is 7.34. The Morgan fingerprint density at radius 3 is 2.53 bits per heavy atom. The van der Waals surface area contributed by atoms with Gasteiger partial charge in [0.1, 0.15) is 5.75 Å². The molecule has 0 spiro atoms. The molecule has 0 atom stereocenters. The van der Waals surface area contributed by atoms with Crippen molar-refractivity contribution in [3.8, 4) is 5.75 Å². The first-order valence-corrected chi connectivity index (χ1v) is 10.7. The van der Waals surface area contributed by atoms with Gasteiger partial charge in [0.2, 0.25) is 0 Å². The van der Waals surface area contributed by atoms with E-state index in [1.807, 2.05) is 12.1 Å². The molecule has 0 amide bonds. The van der Waals surface area contributed by atoms with Crippen LogP contribution >= 0.6 is 0 Å². The van der Waals surface area contributed by atoms with Crippen LogP contribution in [-0.2, 0) is 29.2 Å². The van der Waals surface area contributed by atoms with Gasteiger partial charge in [-0.3, -0.25) is 0 Å². The van der Waals surface area contributed by atoms with Crippen LogP contribution in [0.2, 0.25) is 0 Å². The number of hydrogen-bond donors (Lipinski definition) is 2. The van der Waals surface area contributed by atoms with Crippen LogP contribution in [0.5, 0.6) is 5.75 Å². The number of aliphatic imine (C=N–C) groups is 1. The lowest BCUT2D eigenvalue weighted by Crippen LogP contribution is -2.36. The monoisotopic (exact) mass is 411 g/mol. The van der Waals surface area contributed by atoms with Crippen molar-refractivity contribution in [1.82, 2.24) is 10.6 Å². The Kier molecular flexibility index (Phi) is 9.00. The Hall–Kier alpha value is -2.57. The first-order valence-electron chi connectivity index (χ1n) is 10.7. The molecule has 162 valence electrons. The van der Waals surface area contributed by atoms with Gasteiger partial charge in [0.25, 0.3) is 0 Å². The molecule has 0 radical (unpaired) electrons. The second kappa shape index (κ2) is 12.2. The summed E-state index contributed by atoms with van der Waals surface area (Å²) in [6.07, 6.45) is 2.27. The van der Waals surface area contributed by atoms with Crippen molar-refractivity contribution in [2.24, 2.45) is 4.99 Å². The van der Waals surface area contributed by atoms with Crippen molar-refractivity contribution in [3.63, 3.8) is 0 Å². The first-order chi connectivity index (χ1) is 14.8. The lowest BCUT2D eigenvalue weighted by Gasteiger charge is -2.22. The van der Waals surface area contributed by atoms with Crippen LogP contribution in [0.4, 0.5) is 0 Å². The lowest BCUT2D eigenvalue weighted by molar-refractivity contribution is -0.0390. The molecule has 1 saturated heterocycles. The summed E-state index contributed by atoms with van der Waals surface area (Å²) in [7, 11) is 1.68. The highest BCUT2D eigenvalue weighted by atomic mass is 16.5. The number of methoxy groups -OCH3 is 1. The molecule has 2 aromatic rings. The maximum Gasteiger partial charge on any atom is 0.191 e. The van der Waals surface area contributed by atoms with Crippen molar-refractivity contribution < 1.29 is 14.2 Å². The summed E-state index contributed by atoms with van der Waals surface area (Å²) < 4.78 is 16.6. The van der Waals surface area contributed by atoms with E-state index in [1.54, 1.807) is 7.11 Å². The van der Waals surface area contributed by atoms with Crippen molar-refractivity contribution in [1.29, 1.82) is 0 Å². The van der Waals surface area contributed by atoms with E-state index in [9.17, 15) is 0 Å². The molecule has 0 aromatic heterocycles. The molecule has 30 heavy (non-hydrogen) atoms. The summed E-state index contributed by atoms with van der Waals surface area (Å²) in [5, 5.41) is 6.70. The van der Waals surface area contributed by atoms with Crippen LogP contribution < -0.4 is 15.4 Å². The number of nitrogens with one attached hydrogen (secondary N) is 2. The number of guanidine groups is 1. The summed E-state index contributed by atoms with van der Waals surface area (Å²) in [5.41, 5.74) is 3.53. The number of ether oxygens (including phenoxy) is 3. The minimum atomic E-state index is 0.308. The zero-order valence-electron chi connectivity index (χ0n) is 18.0. The maximum absolute atomic E-state index is 6.04. The third-order valence-electron chi connectivity index (χ3n) is 5.03. The molecule has 0 bridgehead atoms. The topological polar surface area (TPSA) is 64.1 Å². The zero-order chi connectivity index (χ0) is 21.0. The van der Waals surface area contributed by atoms with E-state index in [1.165, 1.54) is 16.7 Å². The summed E-state index contributed by atoms with van der Waals surface area (Å²) in [6, 6.07) is 16.5. The van der Waals surface area contributed by atoms with E-state index >= 15 is 0 Å². The first kappa shape index (κ1) is 22.1. The molecule has 1 fully saturated rings. The minimum absolute atomic E-state index is 0.308. The maximum atomic E-state index is 6.04. The van der Waals surface area contributed by atoms with Gasteiger partial charge in [-0.15, -0.1) is 0 Å². The second-order valence-corrected chi connectivity index (χ2v) is 7.34. The SMILES string of the molecule is CCNC(=NCc1cccc(COC2CCOCC2)c1)NCc1ccc(OC)cc1. The normalized spacial score (nSPS) is 15.1. The van der Waals surface area contributed by atoms with Gasteiger partial charge >= 0.3 is 0 Å².